The van der Waals surface area contributed by atoms with Crippen LogP contribution in [0.2, 0.25) is 0 Å². The lowest BCUT2D eigenvalue weighted by atomic mass is 9.89. The van der Waals surface area contributed by atoms with Crippen LogP contribution in [0.25, 0.3) is 0 Å². The van der Waals surface area contributed by atoms with E-state index >= 15 is 0 Å². The molecule has 2 atom stereocenters. The first-order valence-electron chi connectivity index (χ1n) is 6.29. The molecule has 0 heterocycles. The molecule has 1 aliphatic rings. The Morgan fingerprint density at radius 2 is 1.89 bits per heavy atom. The molecular formula is C12H22N2O4. The fraction of sp³-hybridized carbons (Fsp3) is 0.833. The van der Waals surface area contributed by atoms with Crippen LogP contribution >= 0.6 is 0 Å². The van der Waals surface area contributed by atoms with Crippen LogP contribution in [-0.2, 0) is 4.79 Å². The molecular weight excluding hydrogens is 236 g/mol. The molecule has 0 aromatic heterocycles. The molecule has 0 saturated heterocycles. The highest BCUT2D eigenvalue weighted by atomic mass is 16.4. The number of urea groups is 1. The lowest BCUT2D eigenvalue weighted by molar-refractivity contribution is -0.141. The van der Waals surface area contributed by atoms with Crippen molar-refractivity contribution in [1.82, 2.24) is 10.6 Å². The standard InChI is InChI=1S/C12H22N2O4/c1-8(15)9(10(16)17)14-11(18)13-7-12(2)5-3-4-6-12/h8-9,15H,3-7H2,1-2H3,(H,16,17)(H2,13,14,18)/t8-,9+/m1/s1. The van der Waals surface area contributed by atoms with Gasteiger partial charge in [0.1, 0.15) is 0 Å². The highest BCUT2D eigenvalue weighted by Gasteiger charge is 2.30. The van der Waals surface area contributed by atoms with Crippen LogP contribution in [0.5, 0.6) is 0 Å². The van der Waals surface area contributed by atoms with Crippen molar-refractivity contribution in [1.29, 1.82) is 0 Å². The maximum Gasteiger partial charge on any atom is 0.328 e. The number of hydrogen-bond donors (Lipinski definition) is 4. The molecule has 0 bridgehead atoms. The first-order valence-corrected chi connectivity index (χ1v) is 6.29. The van der Waals surface area contributed by atoms with E-state index in [9.17, 15) is 14.7 Å². The van der Waals surface area contributed by atoms with Gasteiger partial charge in [0.25, 0.3) is 0 Å². The molecule has 104 valence electrons. The van der Waals surface area contributed by atoms with Gasteiger partial charge in [-0.15, -0.1) is 0 Å². The molecule has 0 aromatic carbocycles. The van der Waals surface area contributed by atoms with Crippen molar-refractivity contribution in [2.75, 3.05) is 6.54 Å². The molecule has 2 amide bonds. The summed E-state index contributed by atoms with van der Waals surface area (Å²) in [5.74, 6) is -1.24. The molecule has 1 saturated carbocycles. The monoisotopic (exact) mass is 258 g/mol. The van der Waals surface area contributed by atoms with E-state index in [1.54, 1.807) is 0 Å². The molecule has 6 heteroatoms. The number of carbonyl (C=O) groups excluding carboxylic acids is 1. The number of nitrogens with one attached hydrogen (secondary N) is 2. The molecule has 1 aliphatic carbocycles. The molecule has 1 fully saturated rings. The van der Waals surface area contributed by atoms with Gasteiger partial charge < -0.3 is 20.8 Å². The zero-order chi connectivity index (χ0) is 13.8. The quantitative estimate of drug-likeness (QED) is 0.583. The maximum absolute atomic E-state index is 11.6. The zero-order valence-corrected chi connectivity index (χ0v) is 10.9. The zero-order valence-electron chi connectivity index (χ0n) is 10.9. The minimum absolute atomic E-state index is 0.112. The largest absolute Gasteiger partial charge is 0.480 e. The number of carbonyl (C=O) groups is 2. The van der Waals surface area contributed by atoms with Crippen LogP contribution in [0.1, 0.15) is 39.5 Å². The summed E-state index contributed by atoms with van der Waals surface area (Å²) in [7, 11) is 0. The van der Waals surface area contributed by atoms with Crippen molar-refractivity contribution in [3.05, 3.63) is 0 Å². The van der Waals surface area contributed by atoms with Crippen LogP contribution in [0, 0.1) is 5.41 Å². The van der Waals surface area contributed by atoms with Crippen molar-refractivity contribution in [2.24, 2.45) is 5.41 Å². The summed E-state index contributed by atoms with van der Waals surface area (Å²) in [6.07, 6.45) is 3.37. The molecule has 0 unspecified atom stereocenters. The molecule has 18 heavy (non-hydrogen) atoms. The van der Waals surface area contributed by atoms with Crippen LogP contribution < -0.4 is 10.6 Å². The summed E-state index contributed by atoms with van der Waals surface area (Å²) >= 11 is 0. The van der Waals surface area contributed by atoms with Gasteiger partial charge in [-0.1, -0.05) is 19.8 Å². The van der Waals surface area contributed by atoms with E-state index in [4.69, 9.17) is 5.11 Å². The number of amides is 2. The first-order chi connectivity index (χ1) is 8.34. The molecule has 0 spiro atoms. The molecule has 0 radical (unpaired) electrons. The number of aliphatic hydroxyl groups excluding tert-OH is 1. The average Bonchev–Trinajstić information content (AvgIpc) is 2.70. The Balaban J connectivity index is 2.38. The lowest BCUT2D eigenvalue weighted by Crippen LogP contribution is -2.52. The third kappa shape index (κ3) is 4.18. The van der Waals surface area contributed by atoms with Gasteiger partial charge in [0.05, 0.1) is 6.10 Å². The number of aliphatic hydroxyl groups is 1. The van der Waals surface area contributed by atoms with E-state index in [0.29, 0.717) is 6.54 Å². The van der Waals surface area contributed by atoms with E-state index in [1.807, 2.05) is 0 Å². The van der Waals surface area contributed by atoms with Gasteiger partial charge in [0.2, 0.25) is 0 Å². The Kier molecular flexibility index (Phi) is 4.95. The van der Waals surface area contributed by atoms with E-state index in [2.05, 4.69) is 17.6 Å². The second-order valence-corrected chi connectivity index (χ2v) is 5.40. The fourth-order valence-corrected chi connectivity index (χ4v) is 2.28. The highest BCUT2D eigenvalue weighted by molar-refractivity contribution is 5.82. The summed E-state index contributed by atoms with van der Waals surface area (Å²) in [6.45, 7) is 3.98. The van der Waals surface area contributed by atoms with Crippen LogP contribution in [0.3, 0.4) is 0 Å². The minimum Gasteiger partial charge on any atom is -0.480 e. The summed E-state index contributed by atoms with van der Waals surface area (Å²) in [6, 6.07) is -1.82. The predicted octanol–water partition coefficient (Wildman–Crippen LogP) is 0.700. The third-order valence-corrected chi connectivity index (χ3v) is 3.52. The van der Waals surface area contributed by atoms with Gasteiger partial charge in [-0.2, -0.15) is 0 Å². The molecule has 6 nitrogen and oxygen atoms in total. The number of hydrogen-bond acceptors (Lipinski definition) is 3. The van der Waals surface area contributed by atoms with Gasteiger partial charge in [-0.05, 0) is 25.2 Å². The predicted molar refractivity (Wildman–Crippen MR) is 66.2 cm³/mol. The molecule has 0 aromatic rings. The topological polar surface area (TPSA) is 98.7 Å². The Morgan fingerprint density at radius 3 is 2.33 bits per heavy atom. The molecule has 0 aliphatic heterocycles. The Hall–Kier alpha value is -1.30. The highest BCUT2D eigenvalue weighted by Crippen LogP contribution is 2.36. The van der Waals surface area contributed by atoms with Crippen molar-refractivity contribution < 1.29 is 19.8 Å². The van der Waals surface area contributed by atoms with Gasteiger partial charge in [0, 0.05) is 6.54 Å². The van der Waals surface area contributed by atoms with Crippen molar-refractivity contribution in [3.63, 3.8) is 0 Å². The Labute approximate surface area is 107 Å². The number of aliphatic carboxylic acids is 1. The number of rotatable bonds is 5. The second-order valence-electron chi connectivity index (χ2n) is 5.40. The molecule has 4 N–H and O–H groups in total. The summed E-state index contributed by atoms with van der Waals surface area (Å²) in [5, 5.41) is 23.0. The van der Waals surface area contributed by atoms with Gasteiger partial charge >= 0.3 is 12.0 Å². The van der Waals surface area contributed by atoms with Gasteiger partial charge in [-0.25, -0.2) is 9.59 Å². The van der Waals surface area contributed by atoms with Crippen molar-refractivity contribution >= 4 is 12.0 Å². The van der Waals surface area contributed by atoms with E-state index < -0.39 is 24.1 Å². The number of carboxylic acid groups (broad SMARTS) is 1. The SMILES string of the molecule is C[C@@H](O)[C@H](NC(=O)NCC1(C)CCCC1)C(=O)O. The van der Waals surface area contributed by atoms with Gasteiger partial charge in [-0.3, -0.25) is 0 Å². The minimum atomic E-state index is -1.28. The van der Waals surface area contributed by atoms with Crippen molar-refractivity contribution in [3.8, 4) is 0 Å². The smallest absolute Gasteiger partial charge is 0.328 e. The summed E-state index contributed by atoms with van der Waals surface area (Å²) in [4.78, 5) is 22.4. The first kappa shape index (κ1) is 14.8. The van der Waals surface area contributed by atoms with E-state index in [1.165, 1.54) is 19.8 Å². The molecule has 1 rings (SSSR count). The average molecular weight is 258 g/mol. The van der Waals surface area contributed by atoms with Crippen LogP contribution in [-0.4, -0.2) is 40.9 Å². The van der Waals surface area contributed by atoms with E-state index in [-0.39, 0.29) is 5.41 Å². The second kappa shape index (κ2) is 6.04. The van der Waals surface area contributed by atoms with E-state index in [0.717, 1.165) is 12.8 Å². The lowest BCUT2D eigenvalue weighted by Gasteiger charge is -2.25. The van der Waals surface area contributed by atoms with Crippen LogP contribution in [0.15, 0.2) is 0 Å². The summed E-state index contributed by atoms with van der Waals surface area (Å²) < 4.78 is 0. The maximum atomic E-state index is 11.6. The van der Waals surface area contributed by atoms with Gasteiger partial charge in [0.15, 0.2) is 6.04 Å². The van der Waals surface area contributed by atoms with Crippen LogP contribution in [0.4, 0.5) is 4.79 Å². The Morgan fingerprint density at radius 1 is 1.33 bits per heavy atom. The van der Waals surface area contributed by atoms with Crippen molar-refractivity contribution in [2.45, 2.75) is 51.7 Å². The fourth-order valence-electron chi connectivity index (χ4n) is 2.28. The normalized spacial score (nSPS) is 21.1. The third-order valence-electron chi connectivity index (χ3n) is 3.52. The number of carboxylic acids is 1. The Bertz CT molecular complexity index is 311. The summed E-state index contributed by atoms with van der Waals surface area (Å²) in [5.41, 5.74) is 0.112.